The van der Waals surface area contributed by atoms with Gasteiger partial charge in [0.1, 0.15) is 5.82 Å². The van der Waals surface area contributed by atoms with Crippen LogP contribution in [-0.4, -0.2) is 17.0 Å². The number of hydrogen-bond donors (Lipinski definition) is 2. The van der Waals surface area contributed by atoms with Gasteiger partial charge in [-0.3, -0.25) is 0 Å². The van der Waals surface area contributed by atoms with Crippen molar-refractivity contribution in [1.82, 2.24) is 0 Å². The first-order chi connectivity index (χ1) is 8.63. The van der Waals surface area contributed by atoms with Crippen LogP contribution in [0.1, 0.15) is 32.1 Å². The monoisotopic (exact) mass is 269 g/mol. The second kappa shape index (κ2) is 6.43. The highest BCUT2D eigenvalue weighted by atomic mass is 32.2. The van der Waals surface area contributed by atoms with Crippen LogP contribution in [0.15, 0.2) is 23.1 Å². The molecule has 1 aromatic rings. The summed E-state index contributed by atoms with van der Waals surface area (Å²) >= 11 is 1.47. The highest BCUT2D eigenvalue weighted by Gasteiger charge is 2.18. The molecule has 0 aliphatic heterocycles. The summed E-state index contributed by atoms with van der Waals surface area (Å²) in [5, 5.41) is 9.96. The molecule has 0 saturated heterocycles. The summed E-state index contributed by atoms with van der Waals surface area (Å²) in [6.07, 6.45) is 5.65. The Morgan fingerprint density at radius 3 is 2.72 bits per heavy atom. The quantitative estimate of drug-likeness (QED) is 0.636. The van der Waals surface area contributed by atoms with Crippen molar-refractivity contribution in [3.63, 3.8) is 0 Å². The number of aliphatic hydroxyl groups is 1. The van der Waals surface area contributed by atoms with Crippen molar-refractivity contribution < 1.29 is 9.50 Å². The van der Waals surface area contributed by atoms with E-state index in [-0.39, 0.29) is 11.9 Å². The van der Waals surface area contributed by atoms with E-state index in [1.165, 1.54) is 49.6 Å². The fourth-order valence-corrected chi connectivity index (χ4v) is 3.50. The Morgan fingerprint density at radius 2 is 2.06 bits per heavy atom. The Bertz CT molecular complexity index is 373. The molecule has 0 aromatic heterocycles. The Morgan fingerprint density at radius 1 is 1.33 bits per heavy atom. The number of halogens is 1. The average molecular weight is 269 g/mol. The summed E-state index contributed by atoms with van der Waals surface area (Å²) in [6, 6.07) is 4.51. The number of nitrogens with two attached hydrogens (primary N) is 1. The van der Waals surface area contributed by atoms with Gasteiger partial charge in [0, 0.05) is 16.3 Å². The second-order valence-corrected chi connectivity index (χ2v) is 6.16. The van der Waals surface area contributed by atoms with Crippen molar-refractivity contribution >= 4 is 17.4 Å². The summed E-state index contributed by atoms with van der Waals surface area (Å²) in [5.41, 5.74) is 6.02. The molecule has 1 fully saturated rings. The zero-order valence-electron chi connectivity index (χ0n) is 10.4. The Kier molecular flexibility index (Phi) is 4.89. The number of rotatable bonds is 5. The zero-order chi connectivity index (χ0) is 13.0. The fraction of sp³-hybridized carbons (Fsp3) is 0.571. The number of thioether (sulfide) groups is 1. The number of anilines is 1. The predicted octanol–water partition coefficient (Wildman–Crippen LogP) is 3.44. The van der Waals surface area contributed by atoms with E-state index in [0.29, 0.717) is 17.4 Å². The van der Waals surface area contributed by atoms with Crippen LogP contribution in [0.5, 0.6) is 0 Å². The van der Waals surface area contributed by atoms with Crippen LogP contribution in [0.2, 0.25) is 0 Å². The molecule has 1 aliphatic rings. The molecule has 1 atom stereocenters. The molecular formula is C14H20FNOS. The van der Waals surface area contributed by atoms with Crippen molar-refractivity contribution in [1.29, 1.82) is 0 Å². The smallest absolute Gasteiger partial charge is 0.126 e. The van der Waals surface area contributed by atoms with E-state index in [0.717, 1.165) is 11.3 Å². The van der Waals surface area contributed by atoms with Gasteiger partial charge in [0.2, 0.25) is 0 Å². The van der Waals surface area contributed by atoms with Gasteiger partial charge in [0.05, 0.1) is 6.10 Å². The fourth-order valence-electron chi connectivity index (χ4n) is 2.56. The molecule has 1 saturated carbocycles. The van der Waals surface area contributed by atoms with Crippen molar-refractivity contribution in [3.8, 4) is 0 Å². The molecule has 4 heteroatoms. The minimum Gasteiger partial charge on any atom is -0.399 e. The summed E-state index contributed by atoms with van der Waals surface area (Å²) in [4.78, 5) is 0.790. The summed E-state index contributed by atoms with van der Waals surface area (Å²) < 4.78 is 13.1. The highest BCUT2D eigenvalue weighted by molar-refractivity contribution is 7.99. The minimum absolute atomic E-state index is 0.303. The molecule has 0 spiro atoms. The van der Waals surface area contributed by atoms with Gasteiger partial charge in [-0.25, -0.2) is 4.39 Å². The van der Waals surface area contributed by atoms with E-state index in [9.17, 15) is 9.50 Å². The summed E-state index contributed by atoms with van der Waals surface area (Å²) in [7, 11) is 0. The molecule has 18 heavy (non-hydrogen) atoms. The molecular weight excluding hydrogens is 249 g/mol. The van der Waals surface area contributed by atoms with Crippen LogP contribution in [0, 0.1) is 11.7 Å². The van der Waals surface area contributed by atoms with Crippen LogP contribution in [0.3, 0.4) is 0 Å². The average Bonchev–Trinajstić information content (AvgIpc) is 2.78. The van der Waals surface area contributed by atoms with Crippen LogP contribution in [0.4, 0.5) is 10.1 Å². The van der Waals surface area contributed by atoms with E-state index in [1.54, 1.807) is 6.07 Å². The Hall–Kier alpha value is -0.740. The van der Waals surface area contributed by atoms with Crippen LogP contribution in [-0.2, 0) is 0 Å². The zero-order valence-corrected chi connectivity index (χ0v) is 11.3. The predicted molar refractivity (Wildman–Crippen MR) is 74.1 cm³/mol. The first kappa shape index (κ1) is 13.7. The first-order valence-corrected chi connectivity index (χ1v) is 7.49. The standard InChI is InChI=1S/C14H20FNOS/c15-11-6-12(16)8-14(7-11)18-9-13(17)5-10-3-1-2-4-10/h6-8,10,13,17H,1-5,9,16H2. The number of aliphatic hydroxyl groups excluding tert-OH is 1. The summed E-state index contributed by atoms with van der Waals surface area (Å²) in [6.45, 7) is 0. The first-order valence-electron chi connectivity index (χ1n) is 6.50. The molecule has 100 valence electrons. The Labute approximate surface area is 112 Å². The minimum atomic E-state index is -0.317. The van der Waals surface area contributed by atoms with Gasteiger partial charge in [-0.1, -0.05) is 25.7 Å². The molecule has 2 nitrogen and oxygen atoms in total. The number of nitrogen functional groups attached to an aromatic ring is 1. The largest absolute Gasteiger partial charge is 0.399 e. The lowest BCUT2D eigenvalue weighted by atomic mass is 10.0. The van der Waals surface area contributed by atoms with Crippen LogP contribution < -0.4 is 5.73 Å². The van der Waals surface area contributed by atoms with E-state index >= 15 is 0 Å². The van der Waals surface area contributed by atoms with Crippen LogP contribution >= 0.6 is 11.8 Å². The normalized spacial score (nSPS) is 18.1. The van der Waals surface area contributed by atoms with E-state index in [2.05, 4.69) is 0 Å². The third kappa shape index (κ3) is 4.18. The lowest BCUT2D eigenvalue weighted by Crippen LogP contribution is -2.14. The van der Waals surface area contributed by atoms with Crippen molar-refractivity contribution in [2.45, 2.75) is 43.1 Å². The van der Waals surface area contributed by atoms with Gasteiger partial charge in [0.25, 0.3) is 0 Å². The molecule has 0 amide bonds. The summed E-state index contributed by atoms with van der Waals surface area (Å²) in [5.74, 6) is 0.973. The van der Waals surface area contributed by atoms with E-state index < -0.39 is 0 Å². The molecule has 3 N–H and O–H groups in total. The van der Waals surface area contributed by atoms with E-state index in [4.69, 9.17) is 5.73 Å². The van der Waals surface area contributed by atoms with Gasteiger partial charge < -0.3 is 10.8 Å². The lowest BCUT2D eigenvalue weighted by molar-refractivity contribution is 0.166. The maximum absolute atomic E-state index is 13.1. The third-order valence-corrected chi connectivity index (χ3v) is 4.54. The highest BCUT2D eigenvalue weighted by Crippen LogP contribution is 2.30. The molecule has 0 radical (unpaired) electrons. The van der Waals surface area contributed by atoms with E-state index in [1.807, 2.05) is 0 Å². The molecule has 1 aromatic carbocycles. The van der Waals surface area contributed by atoms with Gasteiger partial charge in [-0.2, -0.15) is 0 Å². The maximum Gasteiger partial charge on any atom is 0.126 e. The maximum atomic E-state index is 13.1. The molecule has 1 aliphatic carbocycles. The van der Waals surface area contributed by atoms with Gasteiger partial charge >= 0.3 is 0 Å². The van der Waals surface area contributed by atoms with Gasteiger partial charge in [-0.15, -0.1) is 11.8 Å². The van der Waals surface area contributed by atoms with Crippen LogP contribution in [0.25, 0.3) is 0 Å². The third-order valence-electron chi connectivity index (χ3n) is 3.42. The SMILES string of the molecule is Nc1cc(F)cc(SCC(O)CC2CCCC2)c1. The second-order valence-electron chi connectivity index (χ2n) is 5.07. The van der Waals surface area contributed by atoms with Crippen molar-refractivity contribution in [2.24, 2.45) is 5.92 Å². The topological polar surface area (TPSA) is 46.2 Å². The van der Waals surface area contributed by atoms with Crippen molar-refractivity contribution in [3.05, 3.63) is 24.0 Å². The molecule has 0 bridgehead atoms. The number of hydrogen-bond acceptors (Lipinski definition) is 3. The Balaban J connectivity index is 1.79. The van der Waals surface area contributed by atoms with Crippen molar-refractivity contribution in [2.75, 3.05) is 11.5 Å². The molecule has 0 heterocycles. The number of benzene rings is 1. The molecule has 2 rings (SSSR count). The lowest BCUT2D eigenvalue weighted by Gasteiger charge is -2.15. The molecule has 1 unspecified atom stereocenters. The van der Waals surface area contributed by atoms with Gasteiger partial charge in [0.15, 0.2) is 0 Å². The van der Waals surface area contributed by atoms with Gasteiger partial charge in [-0.05, 0) is 30.5 Å².